The number of nitrogens with zero attached hydrogens (tertiary/aromatic N) is 1. The molecular formula is C12H13N. The lowest BCUT2D eigenvalue weighted by atomic mass is 10.1. The molecule has 1 aromatic carbocycles. The first-order valence-electron chi connectivity index (χ1n) is 4.28. The van der Waals surface area contributed by atoms with Crippen LogP contribution >= 0.6 is 0 Å². The Kier molecular flexibility index (Phi) is 2.87. The highest BCUT2D eigenvalue weighted by molar-refractivity contribution is 5.57. The first-order chi connectivity index (χ1) is 6.11. The Morgan fingerprint density at radius 2 is 1.77 bits per heavy atom. The van der Waals surface area contributed by atoms with Crippen LogP contribution in [0.1, 0.15) is 23.6 Å². The Balaban J connectivity index is 3.11. The normalized spacial score (nSPS) is 11.1. The van der Waals surface area contributed by atoms with Crippen molar-refractivity contribution in [3.8, 4) is 6.07 Å². The van der Waals surface area contributed by atoms with E-state index in [0.717, 1.165) is 11.1 Å². The molecule has 66 valence electrons. The lowest BCUT2D eigenvalue weighted by Gasteiger charge is -1.99. The van der Waals surface area contributed by atoms with Gasteiger partial charge in [-0.15, -0.1) is 0 Å². The van der Waals surface area contributed by atoms with E-state index in [2.05, 4.69) is 38.1 Å². The van der Waals surface area contributed by atoms with Crippen molar-refractivity contribution >= 4 is 6.08 Å². The standard InChI is InChI=1S/C12H13N/c1-9-4-10(2)6-12(5-9)7-11(3)8-13/h4-7H,1-3H3/b11-7+. The summed E-state index contributed by atoms with van der Waals surface area (Å²) in [6, 6.07) is 8.39. The SMILES string of the molecule is C/C(C#N)=C\c1cc(C)cc(C)c1. The zero-order valence-electron chi connectivity index (χ0n) is 8.26. The predicted octanol–water partition coefficient (Wildman–Crippen LogP) is 3.23. The Morgan fingerprint density at radius 1 is 1.23 bits per heavy atom. The van der Waals surface area contributed by atoms with Gasteiger partial charge in [0, 0.05) is 5.57 Å². The van der Waals surface area contributed by atoms with Crippen molar-refractivity contribution in [2.24, 2.45) is 0 Å². The van der Waals surface area contributed by atoms with Gasteiger partial charge in [0.05, 0.1) is 6.07 Å². The minimum absolute atomic E-state index is 0.741. The molecule has 0 N–H and O–H groups in total. The highest BCUT2D eigenvalue weighted by atomic mass is 14.2. The molecule has 0 saturated heterocycles. The van der Waals surface area contributed by atoms with Gasteiger partial charge in [0.15, 0.2) is 0 Å². The maximum Gasteiger partial charge on any atom is 0.0944 e. The minimum Gasteiger partial charge on any atom is -0.193 e. The van der Waals surface area contributed by atoms with Gasteiger partial charge in [0.1, 0.15) is 0 Å². The highest BCUT2D eigenvalue weighted by Crippen LogP contribution is 2.11. The Hall–Kier alpha value is -1.55. The van der Waals surface area contributed by atoms with Crippen LogP contribution in [-0.2, 0) is 0 Å². The molecule has 0 heterocycles. The van der Waals surface area contributed by atoms with E-state index in [1.54, 1.807) is 0 Å². The lowest BCUT2D eigenvalue weighted by molar-refractivity contribution is 1.37. The van der Waals surface area contributed by atoms with Crippen molar-refractivity contribution < 1.29 is 0 Å². The number of hydrogen-bond acceptors (Lipinski definition) is 1. The van der Waals surface area contributed by atoms with E-state index in [1.807, 2.05) is 13.0 Å². The molecule has 0 bridgehead atoms. The predicted molar refractivity (Wildman–Crippen MR) is 55.2 cm³/mol. The van der Waals surface area contributed by atoms with Crippen LogP contribution in [0.2, 0.25) is 0 Å². The largest absolute Gasteiger partial charge is 0.193 e. The van der Waals surface area contributed by atoms with E-state index in [4.69, 9.17) is 5.26 Å². The molecule has 0 spiro atoms. The van der Waals surface area contributed by atoms with Crippen LogP contribution < -0.4 is 0 Å². The third kappa shape index (κ3) is 2.76. The van der Waals surface area contributed by atoms with Gasteiger partial charge in [0.25, 0.3) is 0 Å². The van der Waals surface area contributed by atoms with Gasteiger partial charge >= 0.3 is 0 Å². The smallest absolute Gasteiger partial charge is 0.0944 e. The molecule has 0 aliphatic heterocycles. The summed E-state index contributed by atoms with van der Waals surface area (Å²) in [5.41, 5.74) is 4.32. The molecule has 0 saturated carbocycles. The van der Waals surface area contributed by atoms with Crippen molar-refractivity contribution in [1.29, 1.82) is 5.26 Å². The highest BCUT2D eigenvalue weighted by Gasteiger charge is 1.93. The Bertz CT molecular complexity index is 360. The molecule has 0 aliphatic carbocycles. The molecular weight excluding hydrogens is 158 g/mol. The molecule has 0 aromatic heterocycles. The van der Waals surface area contributed by atoms with Crippen molar-refractivity contribution in [1.82, 2.24) is 0 Å². The third-order valence-electron chi connectivity index (χ3n) is 1.80. The summed E-state index contributed by atoms with van der Waals surface area (Å²) < 4.78 is 0. The third-order valence-corrected chi connectivity index (χ3v) is 1.80. The maximum absolute atomic E-state index is 8.62. The fourth-order valence-electron chi connectivity index (χ4n) is 1.38. The molecule has 13 heavy (non-hydrogen) atoms. The number of hydrogen-bond donors (Lipinski definition) is 0. The molecule has 0 aliphatic rings. The van der Waals surface area contributed by atoms with Gasteiger partial charge in [-0.3, -0.25) is 0 Å². The summed E-state index contributed by atoms with van der Waals surface area (Å²) in [6.07, 6.45) is 1.90. The number of benzene rings is 1. The average Bonchev–Trinajstić information content (AvgIpc) is 2.02. The summed E-state index contributed by atoms with van der Waals surface area (Å²) in [7, 11) is 0. The molecule has 0 radical (unpaired) electrons. The van der Waals surface area contributed by atoms with Gasteiger partial charge in [-0.1, -0.05) is 29.3 Å². The van der Waals surface area contributed by atoms with Crippen molar-refractivity contribution in [3.05, 3.63) is 40.5 Å². The molecule has 0 amide bonds. The topological polar surface area (TPSA) is 23.8 Å². The van der Waals surface area contributed by atoms with E-state index in [1.165, 1.54) is 11.1 Å². The second kappa shape index (κ2) is 3.91. The molecule has 1 nitrogen and oxygen atoms in total. The maximum atomic E-state index is 8.62. The number of allylic oxidation sites excluding steroid dienone is 1. The summed E-state index contributed by atoms with van der Waals surface area (Å²) in [4.78, 5) is 0. The first-order valence-corrected chi connectivity index (χ1v) is 4.28. The van der Waals surface area contributed by atoms with Gasteiger partial charge in [-0.2, -0.15) is 5.26 Å². The zero-order chi connectivity index (χ0) is 9.84. The summed E-state index contributed by atoms with van der Waals surface area (Å²) >= 11 is 0. The van der Waals surface area contributed by atoms with Crippen LogP contribution in [0.4, 0.5) is 0 Å². The van der Waals surface area contributed by atoms with Gasteiger partial charge in [-0.25, -0.2) is 0 Å². The van der Waals surface area contributed by atoms with Gasteiger partial charge in [-0.05, 0) is 32.4 Å². The molecule has 0 atom stereocenters. The molecule has 0 fully saturated rings. The Labute approximate surface area is 79.3 Å². The summed E-state index contributed by atoms with van der Waals surface area (Å²) in [5.74, 6) is 0. The van der Waals surface area contributed by atoms with Crippen LogP contribution in [0.15, 0.2) is 23.8 Å². The number of aryl methyl sites for hydroxylation is 2. The van der Waals surface area contributed by atoms with E-state index < -0.39 is 0 Å². The molecule has 1 heteroatoms. The van der Waals surface area contributed by atoms with Crippen LogP contribution in [0.5, 0.6) is 0 Å². The van der Waals surface area contributed by atoms with E-state index in [-0.39, 0.29) is 0 Å². The fraction of sp³-hybridized carbons (Fsp3) is 0.250. The monoisotopic (exact) mass is 171 g/mol. The molecule has 0 unspecified atom stereocenters. The number of nitriles is 1. The van der Waals surface area contributed by atoms with Crippen LogP contribution in [0.3, 0.4) is 0 Å². The fourth-order valence-corrected chi connectivity index (χ4v) is 1.38. The molecule has 1 aromatic rings. The van der Waals surface area contributed by atoms with Crippen LogP contribution in [-0.4, -0.2) is 0 Å². The summed E-state index contributed by atoms with van der Waals surface area (Å²) in [5, 5.41) is 8.62. The van der Waals surface area contributed by atoms with E-state index in [0.29, 0.717) is 0 Å². The first kappa shape index (κ1) is 9.54. The minimum atomic E-state index is 0.741. The average molecular weight is 171 g/mol. The van der Waals surface area contributed by atoms with Crippen molar-refractivity contribution in [2.45, 2.75) is 20.8 Å². The van der Waals surface area contributed by atoms with Crippen LogP contribution in [0, 0.1) is 25.2 Å². The van der Waals surface area contributed by atoms with Crippen LogP contribution in [0.25, 0.3) is 6.08 Å². The van der Waals surface area contributed by atoms with Gasteiger partial charge < -0.3 is 0 Å². The number of rotatable bonds is 1. The van der Waals surface area contributed by atoms with E-state index in [9.17, 15) is 0 Å². The lowest BCUT2D eigenvalue weighted by Crippen LogP contribution is -1.80. The van der Waals surface area contributed by atoms with Crippen molar-refractivity contribution in [3.63, 3.8) is 0 Å². The zero-order valence-corrected chi connectivity index (χ0v) is 8.26. The second-order valence-corrected chi connectivity index (χ2v) is 3.36. The van der Waals surface area contributed by atoms with Gasteiger partial charge in [0.2, 0.25) is 0 Å². The molecule has 1 rings (SSSR count). The summed E-state index contributed by atoms with van der Waals surface area (Å²) in [6.45, 7) is 5.94. The quantitative estimate of drug-likeness (QED) is 0.595. The second-order valence-electron chi connectivity index (χ2n) is 3.36. The Morgan fingerprint density at radius 3 is 2.23 bits per heavy atom. The van der Waals surface area contributed by atoms with E-state index >= 15 is 0 Å². The van der Waals surface area contributed by atoms with Crippen molar-refractivity contribution in [2.75, 3.05) is 0 Å².